The molecule has 2 heterocycles. The van der Waals surface area contributed by atoms with Crippen molar-refractivity contribution in [1.82, 2.24) is 9.80 Å². The van der Waals surface area contributed by atoms with Gasteiger partial charge < -0.3 is 25.0 Å². The Morgan fingerprint density at radius 3 is 2.24 bits per heavy atom. The molecule has 0 spiro atoms. The molecule has 0 aromatic heterocycles. The first-order valence-electron chi connectivity index (χ1n) is 12.4. The molecule has 2 N–H and O–H groups in total. The molecule has 202 valence electrons. The van der Waals surface area contributed by atoms with Crippen molar-refractivity contribution < 1.29 is 33.0 Å². The number of amides is 3. The molecule has 2 aliphatic rings. The zero-order valence-electron chi connectivity index (χ0n) is 22.4. The molecule has 3 rings (SSSR count). The summed E-state index contributed by atoms with van der Waals surface area (Å²) in [6, 6.07) is 1.76. The van der Waals surface area contributed by atoms with Gasteiger partial charge >= 0.3 is 12.1 Å². The highest BCUT2D eigenvalue weighted by Crippen LogP contribution is 2.33. The molecule has 0 radical (unpaired) electrons. The van der Waals surface area contributed by atoms with Crippen LogP contribution in [-0.4, -0.2) is 64.0 Å². The van der Waals surface area contributed by atoms with Gasteiger partial charge in [-0.2, -0.15) is 0 Å². The number of carbonyl (C=O) groups excluding carboxylic acids is 4. The highest BCUT2D eigenvalue weighted by Gasteiger charge is 2.37. The van der Waals surface area contributed by atoms with Crippen LogP contribution in [0.2, 0.25) is 0 Å². The monoisotopic (exact) mass is 517 g/mol. The number of esters is 1. The van der Waals surface area contributed by atoms with Gasteiger partial charge in [0.1, 0.15) is 23.1 Å². The second-order valence-electron chi connectivity index (χ2n) is 11.4. The highest BCUT2D eigenvalue weighted by atomic mass is 19.1. The van der Waals surface area contributed by atoms with E-state index in [0.717, 1.165) is 5.57 Å². The van der Waals surface area contributed by atoms with Gasteiger partial charge in [-0.05, 0) is 77.7 Å². The van der Waals surface area contributed by atoms with Gasteiger partial charge in [-0.15, -0.1) is 0 Å². The summed E-state index contributed by atoms with van der Waals surface area (Å²) in [7, 11) is 0. The normalized spacial score (nSPS) is 16.7. The first kappa shape index (κ1) is 28.1. The summed E-state index contributed by atoms with van der Waals surface area (Å²) < 4.78 is 25.8. The van der Waals surface area contributed by atoms with Crippen molar-refractivity contribution in [3.8, 4) is 0 Å². The fraction of sp³-hybridized carbons (Fsp3) is 0.556. The number of fused-ring (bicyclic) bond motifs is 1. The van der Waals surface area contributed by atoms with Crippen LogP contribution in [0.1, 0.15) is 82.3 Å². The smallest absolute Gasteiger partial charge is 0.410 e. The third kappa shape index (κ3) is 7.08. The summed E-state index contributed by atoms with van der Waals surface area (Å²) >= 11 is 0. The van der Waals surface area contributed by atoms with Crippen molar-refractivity contribution in [2.75, 3.05) is 13.1 Å². The predicted molar refractivity (Wildman–Crippen MR) is 135 cm³/mol. The Morgan fingerprint density at radius 2 is 1.70 bits per heavy atom. The van der Waals surface area contributed by atoms with Gasteiger partial charge in [0.15, 0.2) is 0 Å². The minimum absolute atomic E-state index is 0.00493. The molecule has 0 aliphatic carbocycles. The zero-order chi connectivity index (χ0) is 27.7. The van der Waals surface area contributed by atoms with Gasteiger partial charge in [0.25, 0.3) is 5.91 Å². The number of hydrogen-bond donors (Lipinski definition) is 1. The maximum Gasteiger partial charge on any atom is 0.410 e. The van der Waals surface area contributed by atoms with Crippen LogP contribution in [0.4, 0.5) is 9.18 Å². The molecule has 0 fully saturated rings. The van der Waals surface area contributed by atoms with Crippen molar-refractivity contribution in [3.63, 3.8) is 0 Å². The van der Waals surface area contributed by atoms with Crippen molar-refractivity contribution in [3.05, 3.63) is 40.7 Å². The maximum atomic E-state index is 15.1. The highest BCUT2D eigenvalue weighted by molar-refractivity contribution is 6.01. The summed E-state index contributed by atoms with van der Waals surface area (Å²) in [6.45, 7) is 11.3. The van der Waals surface area contributed by atoms with Crippen LogP contribution in [0.25, 0.3) is 5.57 Å². The van der Waals surface area contributed by atoms with Crippen LogP contribution >= 0.6 is 0 Å². The molecule has 37 heavy (non-hydrogen) atoms. The van der Waals surface area contributed by atoms with Crippen LogP contribution < -0.4 is 5.73 Å². The molecule has 1 atom stereocenters. The molecular weight excluding hydrogens is 481 g/mol. The molecule has 1 aromatic rings. The number of nitrogens with two attached hydrogens (primary N) is 1. The van der Waals surface area contributed by atoms with E-state index in [9.17, 15) is 19.2 Å². The molecule has 2 aliphatic heterocycles. The third-order valence-electron chi connectivity index (χ3n) is 5.98. The molecule has 10 heteroatoms. The van der Waals surface area contributed by atoms with Crippen molar-refractivity contribution in [2.45, 2.75) is 84.6 Å². The molecule has 0 bridgehead atoms. The summed E-state index contributed by atoms with van der Waals surface area (Å²) in [5.74, 6) is -2.32. The van der Waals surface area contributed by atoms with Crippen molar-refractivity contribution >= 4 is 29.5 Å². The largest absolute Gasteiger partial charge is 0.460 e. The Morgan fingerprint density at radius 1 is 1.05 bits per heavy atom. The Hall–Kier alpha value is -3.43. The average molecular weight is 518 g/mol. The zero-order valence-corrected chi connectivity index (χ0v) is 22.4. The Balaban J connectivity index is 1.74. The van der Waals surface area contributed by atoms with E-state index in [1.807, 2.05) is 0 Å². The van der Waals surface area contributed by atoms with Crippen LogP contribution in [0.3, 0.4) is 0 Å². The van der Waals surface area contributed by atoms with E-state index in [1.54, 1.807) is 58.6 Å². The number of benzene rings is 1. The van der Waals surface area contributed by atoms with E-state index in [-0.39, 0.29) is 31.5 Å². The van der Waals surface area contributed by atoms with E-state index in [0.29, 0.717) is 24.1 Å². The van der Waals surface area contributed by atoms with E-state index in [1.165, 1.54) is 11.0 Å². The number of carbonyl (C=O) groups is 4. The van der Waals surface area contributed by atoms with Crippen molar-refractivity contribution in [2.24, 2.45) is 5.73 Å². The van der Waals surface area contributed by atoms with Gasteiger partial charge in [-0.1, -0.05) is 6.08 Å². The predicted octanol–water partition coefficient (Wildman–Crippen LogP) is 3.78. The lowest BCUT2D eigenvalue weighted by molar-refractivity contribution is -0.155. The quantitative estimate of drug-likeness (QED) is 0.574. The lowest BCUT2D eigenvalue weighted by atomic mass is 9.95. The number of primary amides is 1. The van der Waals surface area contributed by atoms with E-state index < -0.39 is 46.9 Å². The third-order valence-corrected chi connectivity index (χ3v) is 5.98. The van der Waals surface area contributed by atoms with E-state index in [2.05, 4.69) is 0 Å². The summed E-state index contributed by atoms with van der Waals surface area (Å²) in [5.41, 5.74) is 6.09. The lowest BCUT2D eigenvalue weighted by Gasteiger charge is -2.29. The van der Waals surface area contributed by atoms with Gasteiger partial charge in [-0.25, -0.2) is 9.18 Å². The Labute approximate surface area is 216 Å². The molecule has 9 nitrogen and oxygen atoms in total. The average Bonchev–Trinajstić information content (AvgIpc) is 3.06. The van der Waals surface area contributed by atoms with E-state index >= 15 is 4.39 Å². The summed E-state index contributed by atoms with van der Waals surface area (Å²) in [4.78, 5) is 52.5. The molecular formula is C27H36FN3O6. The molecule has 3 amide bonds. The van der Waals surface area contributed by atoms with Crippen molar-refractivity contribution in [1.29, 1.82) is 0 Å². The molecule has 1 aromatic carbocycles. The molecule has 0 saturated carbocycles. The van der Waals surface area contributed by atoms with Gasteiger partial charge in [0, 0.05) is 37.2 Å². The van der Waals surface area contributed by atoms with Gasteiger partial charge in [0.05, 0.1) is 0 Å². The number of hydrogen-bond acceptors (Lipinski definition) is 6. The second-order valence-corrected chi connectivity index (χ2v) is 11.4. The van der Waals surface area contributed by atoms with Crippen LogP contribution in [0.15, 0.2) is 18.2 Å². The Bertz CT molecular complexity index is 1130. The maximum absolute atomic E-state index is 15.1. The Kier molecular flexibility index (Phi) is 8.00. The van der Waals surface area contributed by atoms with E-state index in [4.69, 9.17) is 15.2 Å². The van der Waals surface area contributed by atoms with Crippen LogP contribution in [0.5, 0.6) is 0 Å². The minimum atomic E-state index is -1.03. The standard InChI is InChI=1S/C27H36FN3O6/c1-26(2,3)36-22(32)8-7-21(23(29)33)31-15-17-13-18(20(28)14-19(17)24(31)34)16-9-11-30(12-10-16)25(35)37-27(4,5)6/h9,13-14,21H,7-8,10-12,15H2,1-6H3,(H2,29,33)/t21-/m0/s1. The molecule has 0 unspecified atom stereocenters. The van der Waals surface area contributed by atoms with Gasteiger partial charge in [-0.3, -0.25) is 14.4 Å². The SMILES string of the molecule is CC(C)(C)OC(=O)CC[C@@H](C(N)=O)N1Cc2cc(C3=CCN(C(=O)OC(C)(C)C)CC3)c(F)cc2C1=O. The number of ether oxygens (including phenoxy) is 2. The summed E-state index contributed by atoms with van der Waals surface area (Å²) in [5, 5.41) is 0. The number of nitrogens with zero attached hydrogens (tertiary/aromatic N) is 2. The topological polar surface area (TPSA) is 119 Å². The molecule has 0 saturated heterocycles. The number of rotatable bonds is 6. The fourth-order valence-electron chi connectivity index (χ4n) is 4.36. The fourth-order valence-corrected chi connectivity index (χ4v) is 4.36. The second kappa shape index (κ2) is 10.5. The van der Waals surface area contributed by atoms with Crippen LogP contribution in [0, 0.1) is 5.82 Å². The first-order valence-corrected chi connectivity index (χ1v) is 12.4. The first-order chi connectivity index (χ1) is 17.1. The lowest BCUT2D eigenvalue weighted by Crippen LogP contribution is -2.45. The van der Waals surface area contributed by atoms with Crippen LogP contribution in [-0.2, 0) is 25.6 Å². The number of halogens is 1. The minimum Gasteiger partial charge on any atom is -0.460 e. The summed E-state index contributed by atoms with van der Waals surface area (Å²) in [6.07, 6.45) is 1.69. The van der Waals surface area contributed by atoms with Gasteiger partial charge in [0.2, 0.25) is 5.91 Å².